The van der Waals surface area contributed by atoms with Crippen molar-refractivity contribution < 1.29 is 14.6 Å². The second-order valence-electron chi connectivity index (χ2n) is 5.17. The molecule has 0 aliphatic carbocycles. The van der Waals surface area contributed by atoms with Crippen molar-refractivity contribution in [3.8, 4) is 11.5 Å². The Labute approximate surface area is 131 Å². The molecular formula is C16H25NO3S. The molecule has 4 nitrogen and oxygen atoms in total. The third kappa shape index (κ3) is 4.80. The quantitative estimate of drug-likeness (QED) is 0.773. The van der Waals surface area contributed by atoms with Crippen molar-refractivity contribution in [2.75, 3.05) is 32.1 Å². The maximum Gasteiger partial charge on any atom is 0.161 e. The van der Waals surface area contributed by atoms with Gasteiger partial charge in [0, 0.05) is 23.7 Å². The molecule has 1 aliphatic heterocycles. The van der Waals surface area contributed by atoms with Crippen molar-refractivity contribution >= 4 is 11.8 Å². The monoisotopic (exact) mass is 311 g/mol. The number of aliphatic hydroxyl groups excluding tert-OH is 1. The van der Waals surface area contributed by atoms with Crippen molar-refractivity contribution in [1.82, 2.24) is 5.32 Å². The number of fused-ring (bicyclic) bond motifs is 1. The van der Waals surface area contributed by atoms with Crippen LogP contribution in [-0.4, -0.2) is 42.5 Å². The van der Waals surface area contributed by atoms with Crippen molar-refractivity contribution in [1.29, 1.82) is 0 Å². The zero-order valence-corrected chi connectivity index (χ0v) is 13.6. The van der Waals surface area contributed by atoms with Gasteiger partial charge in [-0.05, 0) is 30.7 Å². The average molecular weight is 311 g/mol. The Morgan fingerprint density at radius 1 is 1.29 bits per heavy atom. The minimum absolute atomic E-state index is 0.254. The Balaban J connectivity index is 2.03. The van der Waals surface area contributed by atoms with Crippen LogP contribution in [0.2, 0.25) is 0 Å². The summed E-state index contributed by atoms with van der Waals surface area (Å²) in [5.74, 6) is 2.66. The lowest BCUT2D eigenvalue weighted by Crippen LogP contribution is -2.24. The van der Waals surface area contributed by atoms with Crippen LogP contribution in [0.5, 0.6) is 11.5 Å². The lowest BCUT2D eigenvalue weighted by molar-refractivity contribution is 0.171. The first kappa shape index (κ1) is 16.5. The molecule has 2 atom stereocenters. The van der Waals surface area contributed by atoms with Gasteiger partial charge in [-0.3, -0.25) is 0 Å². The number of hydrogen-bond acceptors (Lipinski definition) is 5. The highest BCUT2D eigenvalue weighted by Gasteiger charge is 2.17. The topological polar surface area (TPSA) is 50.7 Å². The number of nitrogens with one attached hydrogen (secondary N) is 1. The van der Waals surface area contributed by atoms with Crippen LogP contribution in [0.4, 0.5) is 0 Å². The molecule has 0 spiro atoms. The summed E-state index contributed by atoms with van der Waals surface area (Å²) >= 11 is 1.89. The van der Waals surface area contributed by atoms with E-state index in [1.165, 1.54) is 5.56 Å². The van der Waals surface area contributed by atoms with Gasteiger partial charge in [0.05, 0.1) is 0 Å². The van der Waals surface area contributed by atoms with E-state index in [9.17, 15) is 0 Å². The van der Waals surface area contributed by atoms with E-state index >= 15 is 0 Å². The van der Waals surface area contributed by atoms with E-state index in [1.54, 1.807) is 0 Å². The zero-order chi connectivity index (χ0) is 15.1. The van der Waals surface area contributed by atoms with Gasteiger partial charge in [0.1, 0.15) is 13.2 Å². The summed E-state index contributed by atoms with van der Waals surface area (Å²) in [6.07, 6.45) is 0.838. The minimum Gasteiger partial charge on any atom is -0.486 e. The Kier molecular flexibility index (Phi) is 6.67. The zero-order valence-electron chi connectivity index (χ0n) is 12.8. The molecule has 2 N–H and O–H groups in total. The third-order valence-corrected chi connectivity index (χ3v) is 4.83. The van der Waals surface area contributed by atoms with Gasteiger partial charge in [0.25, 0.3) is 0 Å². The van der Waals surface area contributed by atoms with Crippen LogP contribution in [0.15, 0.2) is 18.2 Å². The molecule has 1 heterocycles. The first-order valence-electron chi connectivity index (χ1n) is 7.60. The second-order valence-corrected chi connectivity index (χ2v) is 6.64. The normalized spacial score (nSPS) is 16.5. The Morgan fingerprint density at radius 3 is 2.76 bits per heavy atom. The highest BCUT2D eigenvalue weighted by molar-refractivity contribution is 7.99. The summed E-state index contributed by atoms with van der Waals surface area (Å²) in [5, 5.41) is 13.0. The molecule has 1 aliphatic rings. The minimum atomic E-state index is 0.254. The molecule has 0 saturated carbocycles. The molecule has 1 aromatic rings. The van der Waals surface area contributed by atoms with Crippen LogP contribution in [0, 0.1) is 0 Å². The molecule has 118 valence electrons. The molecule has 5 heteroatoms. The largest absolute Gasteiger partial charge is 0.486 e. The summed E-state index contributed by atoms with van der Waals surface area (Å²) in [6.45, 7) is 6.70. The highest BCUT2D eigenvalue weighted by Crippen LogP contribution is 2.33. The lowest BCUT2D eigenvalue weighted by Gasteiger charge is -2.23. The molecule has 2 unspecified atom stereocenters. The predicted octanol–water partition coefficient (Wildman–Crippen LogP) is 2.61. The van der Waals surface area contributed by atoms with Gasteiger partial charge in [0.15, 0.2) is 11.5 Å². The molecule has 21 heavy (non-hydrogen) atoms. The van der Waals surface area contributed by atoms with E-state index in [1.807, 2.05) is 17.8 Å². The van der Waals surface area contributed by atoms with E-state index in [2.05, 4.69) is 31.3 Å². The number of thioether (sulfide) groups is 1. The van der Waals surface area contributed by atoms with E-state index in [0.717, 1.165) is 30.2 Å². The summed E-state index contributed by atoms with van der Waals surface area (Å²) < 4.78 is 11.2. The number of ether oxygens (including phenoxy) is 2. The number of aliphatic hydroxyl groups is 1. The molecule has 0 aromatic heterocycles. The second kappa shape index (κ2) is 8.51. The Hall–Kier alpha value is -0.910. The van der Waals surface area contributed by atoms with Gasteiger partial charge in [-0.25, -0.2) is 0 Å². The van der Waals surface area contributed by atoms with Crippen LogP contribution in [0.25, 0.3) is 0 Å². The van der Waals surface area contributed by atoms with Crippen LogP contribution in [-0.2, 0) is 0 Å². The Morgan fingerprint density at radius 2 is 2.05 bits per heavy atom. The summed E-state index contributed by atoms with van der Waals surface area (Å²) in [5.41, 5.74) is 1.23. The van der Waals surface area contributed by atoms with Crippen LogP contribution in [0.1, 0.15) is 31.9 Å². The number of benzene rings is 1. The van der Waals surface area contributed by atoms with Crippen molar-refractivity contribution in [3.63, 3.8) is 0 Å². The fourth-order valence-corrected chi connectivity index (χ4v) is 3.43. The van der Waals surface area contributed by atoms with Gasteiger partial charge in [0.2, 0.25) is 0 Å². The maximum atomic E-state index is 9.00. The summed E-state index contributed by atoms with van der Waals surface area (Å²) in [7, 11) is 0. The molecule has 0 saturated heterocycles. The van der Waals surface area contributed by atoms with E-state index in [-0.39, 0.29) is 12.6 Å². The predicted molar refractivity (Wildman–Crippen MR) is 87.5 cm³/mol. The van der Waals surface area contributed by atoms with E-state index in [0.29, 0.717) is 18.5 Å². The molecule has 0 fully saturated rings. The first-order valence-corrected chi connectivity index (χ1v) is 8.64. The molecule has 2 rings (SSSR count). The SMILES string of the molecule is CCNC(CSC(C)CCO)c1ccc2c(c1)OCCO2. The third-order valence-electron chi connectivity index (χ3n) is 3.50. The van der Waals surface area contributed by atoms with Crippen molar-refractivity contribution in [2.24, 2.45) is 0 Å². The number of hydrogen-bond donors (Lipinski definition) is 2. The van der Waals surface area contributed by atoms with E-state index in [4.69, 9.17) is 14.6 Å². The smallest absolute Gasteiger partial charge is 0.161 e. The van der Waals surface area contributed by atoms with E-state index < -0.39 is 0 Å². The average Bonchev–Trinajstić information content (AvgIpc) is 2.51. The van der Waals surface area contributed by atoms with Gasteiger partial charge in [-0.1, -0.05) is 19.9 Å². The summed E-state index contributed by atoms with van der Waals surface area (Å²) in [4.78, 5) is 0. The fraction of sp³-hybridized carbons (Fsp3) is 0.625. The van der Waals surface area contributed by atoms with Crippen LogP contribution < -0.4 is 14.8 Å². The van der Waals surface area contributed by atoms with Gasteiger partial charge in [-0.2, -0.15) is 11.8 Å². The molecule has 0 radical (unpaired) electrons. The Bertz CT molecular complexity index is 442. The number of rotatable bonds is 8. The molecule has 0 amide bonds. The van der Waals surface area contributed by atoms with Crippen LogP contribution >= 0.6 is 11.8 Å². The highest BCUT2D eigenvalue weighted by atomic mass is 32.2. The summed E-state index contributed by atoms with van der Waals surface area (Å²) in [6, 6.07) is 6.48. The van der Waals surface area contributed by atoms with Crippen molar-refractivity contribution in [3.05, 3.63) is 23.8 Å². The molecule has 1 aromatic carbocycles. The lowest BCUT2D eigenvalue weighted by atomic mass is 10.1. The first-order chi connectivity index (χ1) is 10.2. The standard InChI is InChI=1S/C16H25NO3S/c1-3-17-14(11-21-12(2)6-7-18)13-4-5-15-16(10-13)20-9-8-19-15/h4-5,10,12,14,17-18H,3,6-9,11H2,1-2H3. The van der Waals surface area contributed by atoms with Gasteiger partial charge >= 0.3 is 0 Å². The van der Waals surface area contributed by atoms with Crippen molar-refractivity contribution in [2.45, 2.75) is 31.6 Å². The molecule has 0 bridgehead atoms. The molecular weight excluding hydrogens is 286 g/mol. The fourth-order valence-electron chi connectivity index (χ4n) is 2.32. The maximum absolute atomic E-state index is 9.00. The van der Waals surface area contributed by atoms with Crippen LogP contribution in [0.3, 0.4) is 0 Å². The van der Waals surface area contributed by atoms with Gasteiger partial charge < -0.3 is 19.9 Å². The van der Waals surface area contributed by atoms with Gasteiger partial charge in [-0.15, -0.1) is 0 Å².